The first kappa shape index (κ1) is 28.1. The van der Waals surface area contributed by atoms with Gasteiger partial charge in [-0.05, 0) is 43.7 Å². The summed E-state index contributed by atoms with van der Waals surface area (Å²) < 4.78 is 59.8. The van der Waals surface area contributed by atoms with Crippen LogP contribution < -0.4 is 18.9 Å². The second kappa shape index (κ2) is 15.7. The molecule has 1 amide bonds. The predicted octanol–water partition coefficient (Wildman–Crippen LogP) is 1.80. The largest absolute Gasteiger partial charge is 0.491 e. The van der Waals surface area contributed by atoms with E-state index in [0.29, 0.717) is 57.2 Å². The fourth-order valence-corrected chi connectivity index (χ4v) is 3.96. The highest BCUT2D eigenvalue weighted by Gasteiger charge is 2.18. The van der Waals surface area contributed by atoms with Crippen LogP contribution in [0.4, 0.5) is 4.79 Å². The highest BCUT2D eigenvalue weighted by atomic mass is 32.2. The zero-order valence-corrected chi connectivity index (χ0v) is 20.7. The van der Waals surface area contributed by atoms with Gasteiger partial charge in [0.2, 0.25) is 0 Å². The Morgan fingerprint density at radius 1 is 1.09 bits per heavy atom. The van der Waals surface area contributed by atoms with Crippen molar-refractivity contribution in [3.8, 4) is 11.5 Å². The molecule has 0 aliphatic carbocycles. The van der Waals surface area contributed by atoms with Crippen molar-refractivity contribution in [2.75, 3.05) is 60.4 Å². The standard InChI is InChI=1S/C22H36N2O9S/c1-28-11-5-10-23-34(26,27)24-22(25)32-13-3-6-18-8-9-19(31-15-14-29-2)16-21(18)33-17-20-7-4-12-30-20/h8-9,16,20,23H,3-7,10-15,17H2,1-2H3,(H,24,25). The monoisotopic (exact) mass is 504 g/mol. The second-order valence-electron chi connectivity index (χ2n) is 7.64. The number of amides is 1. The lowest BCUT2D eigenvalue weighted by Gasteiger charge is -2.16. The van der Waals surface area contributed by atoms with Crippen molar-refractivity contribution in [3.63, 3.8) is 0 Å². The molecule has 0 radical (unpaired) electrons. The van der Waals surface area contributed by atoms with Crippen molar-refractivity contribution in [1.82, 2.24) is 9.44 Å². The second-order valence-corrected chi connectivity index (χ2v) is 9.14. The fourth-order valence-electron chi connectivity index (χ4n) is 3.19. The zero-order valence-electron chi connectivity index (χ0n) is 19.9. The Hall–Kier alpha value is -2.12. The van der Waals surface area contributed by atoms with E-state index < -0.39 is 16.3 Å². The van der Waals surface area contributed by atoms with Crippen LogP contribution in [0.15, 0.2) is 18.2 Å². The van der Waals surface area contributed by atoms with Gasteiger partial charge < -0.3 is 28.4 Å². The first-order chi connectivity index (χ1) is 16.4. The summed E-state index contributed by atoms with van der Waals surface area (Å²) in [5, 5.41) is 0. The molecular weight excluding hydrogens is 468 g/mol. The Morgan fingerprint density at radius 2 is 1.91 bits per heavy atom. The van der Waals surface area contributed by atoms with E-state index in [1.165, 1.54) is 7.11 Å². The highest BCUT2D eigenvalue weighted by molar-refractivity contribution is 7.88. The number of nitrogens with one attached hydrogen (secondary N) is 2. The number of benzene rings is 1. The fraction of sp³-hybridized carbons (Fsp3) is 0.682. The van der Waals surface area contributed by atoms with Gasteiger partial charge in [-0.1, -0.05) is 6.07 Å². The van der Waals surface area contributed by atoms with E-state index in [9.17, 15) is 13.2 Å². The number of rotatable bonds is 17. The molecule has 194 valence electrons. The third kappa shape index (κ3) is 11.3. The summed E-state index contributed by atoms with van der Waals surface area (Å²) >= 11 is 0. The van der Waals surface area contributed by atoms with Gasteiger partial charge >= 0.3 is 16.3 Å². The van der Waals surface area contributed by atoms with Crippen LogP contribution in [0.25, 0.3) is 0 Å². The van der Waals surface area contributed by atoms with Crippen molar-refractivity contribution in [2.45, 2.75) is 38.2 Å². The van der Waals surface area contributed by atoms with Crippen LogP contribution in [0, 0.1) is 0 Å². The summed E-state index contributed by atoms with van der Waals surface area (Å²) in [5.41, 5.74) is 0.925. The Kier molecular flexibility index (Phi) is 13.0. The lowest BCUT2D eigenvalue weighted by molar-refractivity contribution is 0.0674. The number of carbonyl (C=O) groups is 1. The van der Waals surface area contributed by atoms with Crippen molar-refractivity contribution >= 4 is 16.3 Å². The molecule has 1 saturated heterocycles. The van der Waals surface area contributed by atoms with Gasteiger partial charge in [0.15, 0.2) is 0 Å². The molecule has 0 aromatic heterocycles. The molecule has 1 unspecified atom stereocenters. The number of methoxy groups -OCH3 is 2. The Morgan fingerprint density at radius 3 is 2.65 bits per heavy atom. The van der Waals surface area contributed by atoms with Crippen LogP contribution >= 0.6 is 0 Å². The molecule has 0 saturated carbocycles. The van der Waals surface area contributed by atoms with Gasteiger partial charge in [-0.3, -0.25) is 0 Å². The maximum Gasteiger partial charge on any atom is 0.421 e. The van der Waals surface area contributed by atoms with Gasteiger partial charge in [0.05, 0.1) is 19.3 Å². The van der Waals surface area contributed by atoms with Gasteiger partial charge in [0, 0.05) is 40.0 Å². The maximum absolute atomic E-state index is 11.8. The van der Waals surface area contributed by atoms with Crippen LogP contribution in [0.5, 0.6) is 11.5 Å². The molecule has 1 aromatic carbocycles. The van der Waals surface area contributed by atoms with E-state index in [2.05, 4.69) is 4.72 Å². The third-order valence-corrected chi connectivity index (χ3v) is 5.92. The van der Waals surface area contributed by atoms with Crippen LogP contribution in [-0.2, 0) is 35.6 Å². The molecule has 34 heavy (non-hydrogen) atoms. The minimum atomic E-state index is -3.97. The Labute approximate surface area is 201 Å². The molecule has 2 N–H and O–H groups in total. The Balaban J connectivity index is 1.81. The summed E-state index contributed by atoms with van der Waals surface area (Å²) in [5.74, 6) is 1.35. The van der Waals surface area contributed by atoms with E-state index in [0.717, 1.165) is 25.0 Å². The first-order valence-corrected chi connectivity index (χ1v) is 12.8. The Bertz CT molecular complexity index is 830. The molecule has 0 spiro atoms. The van der Waals surface area contributed by atoms with Crippen molar-refractivity contribution in [1.29, 1.82) is 0 Å². The minimum absolute atomic E-state index is 0.0439. The molecule has 12 heteroatoms. The molecule has 1 fully saturated rings. The topological polar surface area (TPSA) is 131 Å². The number of hydrogen-bond donors (Lipinski definition) is 2. The van der Waals surface area contributed by atoms with E-state index >= 15 is 0 Å². The molecule has 1 aliphatic rings. The lowest BCUT2D eigenvalue weighted by Crippen LogP contribution is -2.41. The molecular formula is C22H36N2O9S. The van der Waals surface area contributed by atoms with Crippen LogP contribution in [0.1, 0.15) is 31.2 Å². The maximum atomic E-state index is 11.8. The van der Waals surface area contributed by atoms with Gasteiger partial charge in [-0.2, -0.15) is 13.1 Å². The molecule has 2 rings (SSSR count). The van der Waals surface area contributed by atoms with Crippen molar-refractivity contribution in [2.24, 2.45) is 0 Å². The lowest BCUT2D eigenvalue weighted by atomic mass is 10.1. The van der Waals surface area contributed by atoms with Crippen LogP contribution in [0.3, 0.4) is 0 Å². The number of carbonyl (C=O) groups excluding carboxylic acids is 1. The average molecular weight is 505 g/mol. The summed E-state index contributed by atoms with van der Waals surface area (Å²) in [7, 11) is -0.839. The van der Waals surface area contributed by atoms with Crippen LogP contribution in [-0.4, -0.2) is 81.0 Å². The minimum Gasteiger partial charge on any atom is -0.491 e. The molecule has 1 aliphatic heterocycles. The van der Waals surface area contributed by atoms with E-state index in [-0.39, 0.29) is 19.3 Å². The SMILES string of the molecule is COCCCNS(=O)(=O)NC(=O)OCCCc1ccc(OCCOC)cc1OCC1CCCO1. The third-order valence-electron chi connectivity index (χ3n) is 4.90. The number of aryl methyl sites for hydroxylation is 1. The quantitative estimate of drug-likeness (QED) is 0.305. The van der Waals surface area contributed by atoms with Gasteiger partial charge in [-0.15, -0.1) is 0 Å². The van der Waals surface area contributed by atoms with Gasteiger partial charge in [0.1, 0.15) is 24.7 Å². The smallest absolute Gasteiger partial charge is 0.421 e. The summed E-state index contributed by atoms with van der Waals surface area (Å²) in [6.45, 7) is 2.70. The predicted molar refractivity (Wildman–Crippen MR) is 125 cm³/mol. The summed E-state index contributed by atoms with van der Waals surface area (Å²) in [4.78, 5) is 11.8. The normalized spacial score (nSPS) is 15.8. The van der Waals surface area contributed by atoms with Crippen molar-refractivity contribution < 1.29 is 41.6 Å². The molecule has 1 atom stereocenters. The van der Waals surface area contributed by atoms with Gasteiger partial charge in [-0.25, -0.2) is 9.52 Å². The summed E-state index contributed by atoms with van der Waals surface area (Å²) in [6.07, 6.45) is 2.56. The molecule has 1 aromatic rings. The van der Waals surface area contributed by atoms with E-state index in [4.69, 9.17) is 28.4 Å². The van der Waals surface area contributed by atoms with Crippen molar-refractivity contribution in [3.05, 3.63) is 23.8 Å². The molecule has 11 nitrogen and oxygen atoms in total. The van der Waals surface area contributed by atoms with Gasteiger partial charge in [0.25, 0.3) is 0 Å². The number of hydrogen-bond acceptors (Lipinski definition) is 9. The van der Waals surface area contributed by atoms with E-state index in [1.807, 2.05) is 22.9 Å². The first-order valence-electron chi connectivity index (χ1n) is 11.4. The average Bonchev–Trinajstić information content (AvgIpc) is 3.33. The zero-order chi connectivity index (χ0) is 24.7. The van der Waals surface area contributed by atoms with E-state index in [1.54, 1.807) is 7.11 Å². The van der Waals surface area contributed by atoms with Crippen LogP contribution in [0.2, 0.25) is 0 Å². The number of ether oxygens (including phenoxy) is 6. The molecule has 1 heterocycles. The molecule has 0 bridgehead atoms. The highest BCUT2D eigenvalue weighted by Crippen LogP contribution is 2.27. The summed E-state index contributed by atoms with van der Waals surface area (Å²) in [6, 6.07) is 5.58.